The Morgan fingerprint density at radius 2 is 1.71 bits per heavy atom. The SMILES string of the molecule is COCCOCCOC(CN)C(C)C. The second kappa shape index (κ2) is 9.40. The first-order valence-electron chi connectivity index (χ1n) is 5.10. The van der Waals surface area contributed by atoms with Crippen molar-refractivity contribution in [1.82, 2.24) is 0 Å². The van der Waals surface area contributed by atoms with Crippen molar-refractivity contribution in [3.05, 3.63) is 0 Å². The predicted octanol–water partition coefficient (Wildman–Crippen LogP) is 0.649. The number of methoxy groups -OCH3 is 1. The van der Waals surface area contributed by atoms with Crippen LogP contribution in [0.15, 0.2) is 0 Å². The Morgan fingerprint density at radius 1 is 1.07 bits per heavy atom. The minimum atomic E-state index is 0.140. The van der Waals surface area contributed by atoms with Gasteiger partial charge in [-0.3, -0.25) is 0 Å². The maximum atomic E-state index is 5.55. The van der Waals surface area contributed by atoms with Crippen molar-refractivity contribution in [3.8, 4) is 0 Å². The van der Waals surface area contributed by atoms with Gasteiger partial charge in [0.05, 0.1) is 32.5 Å². The van der Waals surface area contributed by atoms with Crippen LogP contribution in [0, 0.1) is 5.92 Å². The van der Waals surface area contributed by atoms with Crippen LogP contribution in [0.1, 0.15) is 13.8 Å². The second-order valence-corrected chi connectivity index (χ2v) is 3.49. The number of hydrogen-bond donors (Lipinski definition) is 1. The molecule has 0 aromatic heterocycles. The van der Waals surface area contributed by atoms with Crippen molar-refractivity contribution >= 4 is 0 Å². The summed E-state index contributed by atoms with van der Waals surface area (Å²) in [4.78, 5) is 0. The first-order chi connectivity index (χ1) is 6.72. The molecule has 0 aliphatic heterocycles. The maximum Gasteiger partial charge on any atom is 0.0721 e. The Labute approximate surface area is 86.7 Å². The number of nitrogens with two attached hydrogens (primary N) is 1. The van der Waals surface area contributed by atoms with Gasteiger partial charge in [0.2, 0.25) is 0 Å². The van der Waals surface area contributed by atoms with E-state index in [-0.39, 0.29) is 6.10 Å². The molecular weight excluding hydrogens is 182 g/mol. The van der Waals surface area contributed by atoms with Crippen LogP contribution >= 0.6 is 0 Å². The molecule has 0 aliphatic rings. The van der Waals surface area contributed by atoms with Gasteiger partial charge in [0.25, 0.3) is 0 Å². The van der Waals surface area contributed by atoms with Gasteiger partial charge in [0.1, 0.15) is 0 Å². The summed E-state index contributed by atoms with van der Waals surface area (Å²) in [6.07, 6.45) is 0.140. The van der Waals surface area contributed by atoms with E-state index in [9.17, 15) is 0 Å². The lowest BCUT2D eigenvalue weighted by Gasteiger charge is -2.19. The lowest BCUT2D eigenvalue weighted by atomic mass is 10.1. The van der Waals surface area contributed by atoms with Gasteiger partial charge in [-0.25, -0.2) is 0 Å². The zero-order valence-electron chi connectivity index (χ0n) is 9.49. The molecule has 1 unspecified atom stereocenters. The number of rotatable bonds is 9. The molecule has 0 saturated carbocycles. The molecule has 0 aromatic carbocycles. The van der Waals surface area contributed by atoms with Gasteiger partial charge in [-0.15, -0.1) is 0 Å². The molecule has 0 aliphatic carbocycles. The van der Waals surface area contributed by atoms with E-state index in [1.54, 1.807) is 7.11 Å². The van der Waals surface area contributed by atoms with E-state index in [0.717, 1.165) is 0 Å². The molecule has 0 bridgehead atoms. The molecule has 14 heavy (non-hydrogen) atoms. The zero-order valence-corrected chi connectivity index (χ0v) is 9.49. The van der Waals surface area contributed by atoms with Crippen LogP contribution in [0.5, 0.6) is 0 Å². The van der Waals surface area contributed by atoms with Gasteiger partial charge < -0.3 is 19.9 Å². The summed E-state index contributed by atoms with van der Waals surface area (Å²) in [5, 5.41) is 0. The second-order valence-electron chi connectivity index (χ2n) is 3.49. The Bertz CT molecular complexity index is 120. The minimum absolute atomic E-state index is 0.140. The summed E-state index contributed by atoms with van der Waals surface area (Å²) in [5.41, 5.74) is 5.55. The minimum Gasteiger partial charge on any atom is -0.382 e. The highest BCUT2D eigenvalue weighted by Gasteiger charge is 2.10. The van der Waals surface area contributed by atoms with E-state index in [1.165, 1.54) is 0 Å². The van der Waals surface area contributed by atoms with Crippen LogP contribution < -0.4 is 5.73 Å². The molecule has 0 spiro atoms. The van der Waals surface area contributed by atoms with Crippen LogP contribution in [-0.2, 0) is 14.2 Å². The van der Waals surface area contributed by atoms with Crippen LogP contribution in [0.25, 0.3) is 0 Å². The van der Waals surface area contributed by atoms with Gasteiger partial charge in [0.15, 0.2) is 0 Å². The zero-order chi connectivity index (χ0) is 10.8. The fraction of sp³-hybridized carbons (Fsp3) is 1.00. The topological polar surface area (TPSA) is 53.7 Å². The molecule has 1 atom stereocenters. The largest absolute Gasteiger partial charge is 0.382 e. The van der Waals surface area contributed by atoms with Crippen molar-refractivity contribution in [2.75, 3.05) is 40.1 Å². The fourth-order valence-corrected chi connectivity index (χ4v) is 1.04. The molecule has 0 rings (SSSR count). The van der Waals surface area contributed by atoms with Crippen LogP contribution in [-0.4, -0.2) is 46.2 Å². The Kier molecular flexibility index (Phi) is 9.29. The lowest BCUT2D eigenvalue weighted by Crippen LogP contribution is -2.30. The predicted molar refractivity (Wildman–Crippen MR) is 56.3 cm³/mol. The molecule has 86 valence electrons. The van der Waals surface area contributed by atoms with E-state index >= 15 is 0 Å². The van der Waals surface area contributed by atoms with E-state index in [0.29, 0.717) is 38.9 Å². The first kappa shape index (κ1) is 13.8. The summed E-state index contributed by atoms with van der Waals surface area (Å²) in [6, 6.07) is 0. The maximum absolute atomic E-state index is 5.55. The molecule has 0 heterocycles. The van der Waals surface area contributed by atoms with Gasteiger partial charge in [0, 0.05) is 13.7 Å². The van der Waals surface area contributed by atoms with Crippen molar-refractivity contribution < 1.29 is 14.2 Å². The summed E-state index contributed by atoms with van der Waals surface area (Å²) >= 11 is 0. The van der Waals surface area contributed by atoms with Gasteiger partial charge in [-0.05, 0) is 5.92 Å². The third-order valence-corrected chi connectivity index (χ3v) is 1.97. The quantitative estimate of drug-likeness (QED) is 0.561. The Hall–Kier alpha value is -0.160. The van der Waals surface area contributed by atoms with Gasteiger partial charge in [-0.1, -0.05) is 13.8 Å². The molecule has 0 amide bonds. The molecule has 0 fully saturated rings. The third kappa shape index (κ3) is 7.26. The molecule has 4 nitrogen and oxygen atoms in total. The monoisotopic (exact) mass is 205 g/mol. The highest BCUT2D eigenvalue weighted by atomic mass is 16.5. The highest BCUT2D eigenvalue weighted by molar-refractivity contribution is 4.62. The van der Waals surface area contributed by atoms with Crippen LogP contribution in [0.4, 0.5) is 0 Å². The van der Waals surface area contributed by atoms with Crippen molar-refractivity contribution in [1.29, 1.82) is 0 Å². The highest BCUT2D eigenvalue weighted by Crippen LogP contribution is 2.04. The van der Waals surface area contributed by atoms with E-state index in [1.807, 2.05) is 0 Å². The normalized spacial score (nSPS) is 13.5. The Morgan fingerprint density at radius 3 is 2.21 bits per heavy atom. The molecule has 0 radical (unpaired) electrons. The lowest BCUT2D eigenvalue weighted by molar-refractivity contribution is -0.0185. The average molecular weight is 205 g/mol. The van der Waals surface area contributed by atoms with E-state index in [2.05, 4.69) is 13.8 Å². The van der Waals surface area contributed by atoms with Crippen molar-refractivity contribution in [2.45, 2.75) is 20.0 Å². The molecule has 0 aromatic rings. The smallest absolute Gasteiger partial charge is 0.0721 e. The summed E-state index contributed by atoms with van der Waals surface area (Å²) in [7, 11) is 1.66. The van der Waals surface area contributed by atoms with Crippen LogP contribution in [0.3, 0.4) is 0 Å². The average Bonchev–Trinajstić information content (AvgIpc) is 2.16. The fourth-order valence-electron chi connectivity index (χ4n) is 1.04. The number of ether oxygens (including phenoxy) is 3. The van der Waals surface area contributed by atoms with E-state index < -0.39 is 0 Å². The van der Waals surface area contributed by atoms with Crippen LogP contribution in [0.2, 0.25) is 0 Å². The van der Waals surface area contributed by atoms with Crippen molar-refractivity contribution in [3.63, 3.8) is 0 Å². The summed E-state index contributed by atoms with van der Waals surface area (Å²) in [5.74, 6) is 0.457. The standard InChI is InChI=1S/C10H23NO3/c1-9(2)10(8-11)14-7-6-13-5-4-12-3/h9-10H,4-8,11H2,1-3H3. The van der Waals surface area contributed by atoms with Crippen molar-refractivity contribution in [2.24, 2.45) is 11.7 Å². The van der Waals surface area contributed by atoms with Gasteiger partial charge >= 0.3 is 0 Å². The molecular formula is C10H23NO3. The van der Waals surface area contributed by atoms with E-state index in [4.69, 9.17) is 19.9 Å². The first-order valence-corrected chi connectivity index (χ1v) is 5.10. The van der Waals surface area contributed by atoms with Gasteiger partial charge in [-0.2, -0.15) is 0 Å². The summed E-state index contributed by atoms with van der Waals surface area (Å²) in [6.45, 7) is 7.22. The third-order valence-electron chi connectivity index (χ3n) is 1.97. The number of hydrogen-bond acceptors (Lipinski definition) is 4. The molecule has 2 N–H and O–H groups in total. The molecule has 4 heteroatoms. The Balaban J connectivity index is 3.25. The molecule has 0 saturated heterocycles. The summed E-state index contributed by atoms with van der Waals surface area (Å²) < 4.78 is 15.6.